The fourth-order valence-corrected chi connectivity index (χ4v) is 2.22. The second kappa shape index (κ2) is 8.45. The number of nitrogens with zero attached hydrogens (tertiary/aromatic N) is 4. The summed E-state index contributed by atoms with van der Waals surface area (Å²) in [5, 5.41) is 20.3. The molecular formula is C16H15N5O2S. The van der Waals surface area contributed by atoms with E-state index in [9.17, 15) is 4.79 Å². The van der Waals surface area contributed by atoms with E-state index < -0.39 is 5.97 Å². The second-order valence-electron chi connectivity index (χ2n) is 4.51. The predicted molar refractivity (Wildman–Crippen MR) is 93.9 cm³/mol. The van der Waals surface area contributed by atoms with Gasteiger partial charge in [0.05, 0.1) is 30.6 Å². The number of hydrogen-bond acceptors (Lipinski definition) is 7. The molecule has 8 heteroatoms. The summed E-state index contributed by atoms with van der Waals surface area (Å²) in [5.74, 6) is -0.628. The van der Waals surface area contributed by atoms with Crippen molar-refractivity contribution in [3.8, 4) is 6.07 Å². The molecule has 0 unspecified atom stereocenters. The molecule has 0 saturated carbocycles. The fraction of sp³-hybridized carbons (Fsp3) is 0.125. The number of amidine groups is 1. The van der Waals surface area contributed by atoms with Crippen LogP contribution in [-0.4, -0.2) is 37.2 Å². The molecule has 1 heterocycles. The van der Waals surface area contributed by atoms with Gasteiger partial charge in [-0.2, -0.15) is 10.4 Å². The summed E-state index contributed by atoms with van der Waals surface area (Å²) in [7, 11) is 2.87. The summed E-state index contributed by atoms with van der Waals surface area (Å²) in [6, 6.07) is 12.5. The number of thiophene rings is 1. The van der Waals surface area contributed by atoms with Crippen molar-refractivity contribution in [2.75, 3.05) is 19.6 Å². The lowest BCUT2D eigenvalue weighted by Crippen LogP contribution is -2.31. The van der Waals surface area contributed by atoms with Crippen LogP contribution in [0.15, 0.2) is 52.0 Å². The zero-order chi connectivity index (χ0) is 17.4. The molecule has 0 saturated heterocycles. The van der Waals surface area contributed by atoms with Gasteiger partial charge < -0.3 is 4.74 Å². The fourth-order valence-electron chi connectivity index (χ4n) is 1.64. The van der Waals surface area contributed by atoms with Crippen LogP contribution in [0.3, 0.4) is 0 Å². The molecule has 24 heavy (non-hydrogen) atoms. The van der Waals surface area contributed by atoms with E-state index >= 15 is 0 Å². The van der Waals surface area contributed by atoms with E-state index in [1.54, 1.807) is 37.5 Å². The first-order valence-electron chi connectivity index (χ1n) is 6.87. The molecule has 0 aliphatic heterocycles. The SMILES string of the molecule is COC(=O)/C(=N/Nc1ccc(C#N)cc1)N(C)/N=C/c1cccs1. The maximum absolute atomic E-state index is 11.9. The maximum atomic E-state index is 11.9. The van der Waals surface area contributed by atoms with Crippen LogP contribution in [0.5, 0.6) is 0 Å². The second-order valence-corrected chi connectivity index (χ2v) is 5.49. The Morgan fingerprint density at radius 3 is 2.71 bits per heavy atom. The van der Waals surface area contributed by atoms with Crippen LogP contribution in [0.1, 0.15) is 10.4 Å². The number of benzene rings is 1. The number of carbonyl (C=O) groups is 1. The maximum Gasteiger partial charge on any atom is 0.377 e. The van der Waals surface area contributed by atoms with Gasteiger partial charge in [-0.05, 0) is 35.7 Å². The van der Waals surface area contributed by atoms with Gasteiger partial charge in [-0.1, -0.05) is 6.07 Å². The van der Waals surface area contributed by atoms with Gasteiger partial charge in [0.2, 0.25) is 0 Å². The molecule has 2 rings (SSSR count). The highest BCUT2D eigenvalue weighted by Gasteiger charge is 2.17. The van der Waals surface area contributed by atoms with Gasteiger partial charge in [-0.25, -0.2) is 9.80 Å². The third-order valence-electron chi connectivity index (χ3n) is 2.88. The minimum atomic E-state index is -0.623. The first kappa shape index (κ1) is 17.2. The minimum Gasteiger partial charge on any atom is -0.463 e. The summed E-state index contributed by atoms with van der Waals surface area (Å²) < 4.78 is 4.73. The molecule has 0 atom stereocenters. The van der Waals surface area contributed by atoms with E-state index in [4.69, 9.17) is 10.00 Å². The lowest BCUT2D eigenvalue weighted by molar-refractivity contribution is -0.133. The van der Waals surface area contributed by atoms with Crippen molar-refractivity contribution in [2.45, 2.75) is 0 Å². The molecule has 1 aromatic heterocycles. The van der Waals surface area contributed by atoms with Crippen molar-refractivity contribution in [1.29, 1.82) is 5.26 Å². The van der Waals surface area contributed by atoms with Crippen molar-refractivity contribution in [3.05, 3.63) is 52.2 Å². The van der Waals surface area contributed by atoms with Crippen LogP contribution >= 0.6 is 11.3 Å². The lowest BCUT2D eigenvalue weighted by Gasteiger charge is -2.13. The average molecular weight is 341 g/mol. The van der Waals surface area contributed by atoms with Crippen molar-refractivity contribution >= 4 is 35.0 Å². The topological polar surface area (TPSA) is 90.1 Å². The molecule has 0 aliphatic carbocycles. The number of anilines is 1. The highest BCUT2D eigenvalue weighted by molar-refractivity contribution is 7.11. The van der Waals surface area contributed by atoms with Gasteiger partial charge in [-0.15, -0.1) is 16.4 Å². The highest BCUT2D eigenvalue weighted by atomic mass is 32.1. The first-order chi connectivity index (χ1) is 11.6. The molecule has 1 aromatic carbocycles. The Balaban J connectivity index is 2.14. The Morgan fingerprint density at radius 1 is 1.38 bits per heavy atom. The Morgan fingerprint density at radius 2 is 2.12 bits per heavy atom. The lowest BCUT2D eigenvalue weighted by atomic mass is 10.2. The van der Waals surface area contributed by atoms with E-state index in [1.807, 2.05) is 23.6 Å². The van der Waals surface area contributed by atoms with E-state index in [2.05, 4.69) is 15.6 Å². The van der Waals surface area contributed by atoms with Crippen LogP contribution < -0.4 is 5.43 Å². The first-order valence-corrected chi connectivity index (χ1v) is 7.75. The number of nitrogens with one attached hydrogen (secondary N) is 1. The summed E-state index contributed by atoms with van der Waals surface area (Å²) in [6.07, 6.45) is 1.63. The van der Waals surface area contributed by atoms with Crippen LogP contribution in [0.2, 0.25) is 0 Å². The minimum absolute atomic E-state index is 0.00494. The van der Waals surface area contributed by atoms with Crippen molar-refractivity contribution < 1.29 is 9.53 Å². The number of ether oxygens (including phenoxy) is 1. The van der Waals surface area contributed by atoms with Gasteiger partial charge in [0, 0.05) is 11.9 Å². The Hall–Kier alpha value is -3.18. The number of carbonyl (C=O) groups excluding carboxylic acids is 1. The summed E-state index contributed by atoms with van der Waals surface area (Å²) in [6.45, 7) is 0. The molecular weight excluding hydrogens is 326 g/mol. The zero-order valence-corrected chi connectivity index (χ0v) is 13.9. The van der Waals surface area contributed by atoms with Crippen molar-refractivity contribution in [3.63, 3.8) is 0 Å². The normalized spacial score (nSPS) is 11.1. The Bertz CT molecular complexity index is 776. The molecule has 0 amide bonds. The van der Waals surface area contributed by atoms with Gasteiger partial charge in [0.1, 0.15) is 0 Å². The standard InChI is InChI=1S/C16H15N5O2S/c1-21(18-11-14-4-3-9-24-14)15(16(22)23-2)20-19-13-7-5-12(10-17)6-8-13/h3-9,11,19H,1-2H3/b18-11+,20-15-. The van der Waals surface area contributed by atoms with Gasteiger partial charge in [-0.3, -0.25) is 5.43 Å². The number of hydrogen-bond donors (Lipinski definition) is 1. The van der Waals surface area contributed by atoms with Crippen LogP contribution in [-0.2, 0) is 9.53 Å². The molecule has 1 N–H and O–H groups in total. The summed E-state index contributed by atoms with van der Waals surface area (Å²) >= 11 is 1.53. The largest absolute Gasteiger partial charge is 0.463 e. The zero-order valence-electron chi connectivity index (χ0n) is 13.1. The molecule has 2 aromatic rings. The van der Waals surface area contributed by atoms with Gasteiger partial charge in [0.15, 0.2) is 0 Å². The highest BCUT2D eigenvalue weighted by Crippen LogP contribution is 2.09. The molecule has 122 valence electrons. The van der Waals surface area contributed by atoms with Crippen LogP contribution in [0, 0.1) is 11.3 Å². The molecule has 0 aliphatic rings. The Kier molecular flexibility index (Phi) is 6.05. The van der Waals surface area contributed by atoms with Crippen LogP contribution in [0.4, 0.5) is 5.69 Å². The van der Waals surface area contributed by atoms with E-state index in [0.717, 1.165) is 4.88 Å². The summed E-state index contributed by atoms with van der Waals surface area (Å²) in [4.78, 5) is 12.8. The third-order valence-corrected chi connectivity index (χ3v) is 3.69. The number of methoxy groups -OCH3 is 1. The van der Waals surface area contributed by atoms with E-state index in [1.165, 1.54) is 23.5 Å². The van der Waals surface area contributed by atoms with Crippen molar-refractivity contribution in [2.24, 2.45) is 10.2 Å². The molecule has 0 spiro atoms. The average Bonchev–Trinajstić information content (AvgIpc) is 3.13. The van der Waals surface area contributed by atoms with Crippen LogP contribution in [0.25, 0.3) is 0 Å². The molecule has 7 nitrogen and oxygen atoms in total. The summed E-state index contributed by atoms with van der Waals surface area (Å²) in [5.41, 5.74) is 3.92. The smallest absolute Gasteiger partial charge is 0.377 e. The Labute approximate surface area is 143 Å². The number of hydrazone groups is 2. The number of nitriles is 1. The third kappa shape index (κ3) is 4.66. The number of likely N-dealkylation sites (N-methyl/N-ethyl adjacent to an activating group) is 1. The van der Waals surface area contributed by atoms with E-state index in [-0.39, 0.29) is 5.84 Å². The predicted octanol–water partition coefficient (Wildman–Crippen LogP) is 2.48. The molecule has 0 fully saturated rings. The van der Waals surface area contributed by atoms with Gasteiger partial charge >= 0.3 is 5.97 Å². The quantitative estimate of drug-likeness (QED) is 0.399. The molecule has 0 radical (unpaired) electrons. The monoisotopic (exact) mass is 341 g/mol. The van der Waals surface area contributed by atoms with Crippen molar-refractivity contribution in [1.82, 2.24) is 5.01 Å². The molecule has 0 bridgehead atoms. The number of esters is 1. The number of rotatable bonds is 4. The van der Waals surface area contributed by atoms with E-state index in [0.29, 0.717) is 11.3 Å². The van der Waals surface area contributed by atoms with Gasteiger partial charge in [0.25, 0.3) is 5.84 Å².